The second kappa shape index (κ2) is 46.6. The smallest absolute Gasteiger partial charge is 0.0300 e. The molecule has 0 amide bonds. The molecular formula is C100H189N. The Morgan fingerprint density at radius 1 is 0.317 bits per heavy atom. The Kier molecular flexibility index (Phi) is 35.8. The summed E-state index contributed by atoms with van der Waals surface area (Å²) < 4.78 is 53.1. The van der Waals surface area contributed by atoms with Gasteiger partial charge in [-0.15, -0.1) is 0 Å². The van der Waals surface area contributed by atoms with Gasteiger partial charge in [0.25, 0.3) is 0 Å². The molecular weight excluding hydrogens is 1220 g/mol. The molecule has 22 rings (SSSR count). The van der Waals surface area contributed by atoms with Crippen LogP contribution < -0.4 is 0 Å². The number of piperidine rings is 1. The molecule has 1 heterocycles. The van der Waals surface area contributed by atoms with Crippen molar-refractivity contribution in [2.45, 2.75) is 470 Å². The number of rotatable bonds is 3. The van der Waals surface area contributed by atoms with Crippen molar-refractivity contribution in [2.24, 2.45) is 146 Å². The van der Waals surface area contributed by atoms with Crippen molar-refractivity contribution >= 4 is 0 Å². The molecule has 1 saturated heterocycles. The summed E-state index contributed by atoms with van der Waals surface area (Å²) in [6.45, 7) is 38.2. The second-order valence-electron chi connectivity index (χ2n) is 42.5. The van der Waals surface area contributed by atoms with E-state index in [4.69, 9.17) is 9.60 Å². The molecule has 1 atom stereocenters. The molecule has 21 aliphatic carbocycles. The van der Waals surface area contributed by atoms with Crippen LogP contribution in [0.1, 0.15) is 480 Å². The first-order valence-electron chi connectivity index (χ1n) is 50.3. The zero-order valence-corrected chi connectivity index (χ0v) is 72.1. The monoisotopic (exact) mass is 1410 g/mol. The van der Waals surface area contributed by atoms with Gasteiger partial charge in [-0.1, -0.05) is 323 Å². The SMILES string of the molecule is CC12CC3CC(CC(C3)C1)C2.CC1CCCCC1.CC1CCN(C)CC1.CCC12CC3CC(CC(C3)C1)C2.CCC1CC2CC(C1)C2.C[C@@H]1CC2CCC1CC2.[2H]C([2H])(C)C1CCCC1.[2H]C1(C)CCC(C)(C)CC1.[2H]C1(C)CCC(C)CC1.[2H]C1(C)CCC(C)CC1.[2H]C1(C)CCCC1.[2H]C1(C)CCCCC1. The first kappa shape index (κ1) is 77.7. The number of likely N-dealkylation sites (tertiary alicyclic amines) is 1. The van der Waals surface area contributed by atoms with Crippen molar-refractivity contribution in [3.8, 4) is 0 Å². The van der Waals surface area contributed by atoms with E-state index in [9.17, 15) is 0 Å². The quantitative estimate of drug-likeness (QED) is 0.272. The lowest BCUT2D eigenvalue weighted by Crippen LogP contribution is -2.45. The number of nitrogens with zero attached hydrogens (tertiary/aromatic N) is 1. The molecule has 0 N–H and O–H groups in total. The van der Waals surface area contributed by atoms with Crippen molar-refractivity contribution in [3.63, 3.8) is 0 Å². The minimum absolute atomic E-state index is 0.0556. The maximum absolute atomic E-state index is 7.80. The maximum atomic E-state index is 7.80. The van der Waals surface area contributed by atoms with Gasteiger partial charge in [0, 0.05) is 9.60 Å². The number of fused-ring (bicyclic) bond motifs is 5. The van der Waals surface area contributed by atoms with Crippen molar-refractivity contribution in [1.82, 2.24) is 4.90 Å². The molecule has 12 bridgehead atoms. The van der Waals surface area contributed by atoms with E-state index in [1.165, 1.54) is 154 Å². The van der Waals surface area contributed by atoms with E-state index in [1.807, 2.05) is 13.8 Å². The van der Waals surface area contributed by atoms with E-state index in [2.05, 4.69) is 102 Å². The molecule has 594 valence electrons. The van der Waals surface area contributed by atoms with Crippen molar-refractivity contribution in [1.29, 1.82) is 0 Å². The summed E-state index contributed by atoms with van der Waals surface area (Å²) in [4.78, 5) is 2.40. The highest BCUT2D eigenvalue weighted by molar-refractivity contribution is 5.01. The number of hydrogen-bond acceptors (Lipinski definition) is 1. The average Bonchev–Trinajstić information content (AvgIpc) is 0.779. The summed E-state index contributed by atoms with van der Waals surface area (Å²) in [5.41, 5.74) is 2.16. The van der Waals surface area contributed by atoms with Gasteiger partial charge in [-0.05, 0) is 314 Å². The van der Waals surface area contributed by atoms with Gasteiger partial charge < -0.3 is 4.90 Å². The third-order valence-corrected chi connectivity index (χ3v) is 31.4. The van der Waals surface area contributed by atoms with Crippen LogP contribution in [0.4, 0.5) is 0 Å². The Hall–Kier alpha value is -0.0400. The van der Waals surface area contributed by atoms with E-state index in [1.54, 1.807) is 142 Å². The second-order valence-corrected chi connectivity index (χ2v) is 42.5. The molecule has 0 aromatic heterocycles. The molecule has 0 spiro atoms. The summed E-state index contributed by atoms with van der Waals surface area (Å²) >= 11 is 0. The summed E-state index contributed by atoms with van der Waals surface area (Å²) in [6.07, 6.45) is 75.0. The Morgan fingerprint density at radius 2 is 0.653 bits per heavy atom. The van der Waals surface area contributed by atoms with E-state index in [0.29, 0.717) is 11.3 Å². The van der Waals surface area contributed by atoms with Gasteiger partial charge in [0.15, 0.2) is 0 Å². The molecule has 22 aliphatic rings. The van der Waals surface area contributed by atoms with Crippen LogP contribution in [0, 0.1) is 146 Å². The summed E-state index contributed by atoms with van der Waals surface area (Å²) in [5, 5.41) is 0. The summed E-state index contributed by atoms with van der Waals surface area (Å²) in [6, 6.07) is 0. The fourth-order valence-electron chi connectivity index (χ4n) is 24.3. The molecule has 0 aromatic carbocycles. The van der Waals surface area contributed by atoms with Gasteiger partial charge in [0.2, 0.25) is 0 Å². The van der Waals surface area contributed by atoms with Crippen LogP contribution in [0.3, 0.4) is 0 Å². The van der Waals surface area contributed by atoms with Crippen LogP contribution in [-0.4, -0.2) is 25.0 Å². The highest BCUT2D eigenvalue weighted by atomic mass is 15.1. The first-order chi connectivity index (χ1) is 50.6. The molecule has 22 fully saturated rings. The van der Waals surface area contributed by atoms with Crippen LogP contribution in [0.2, 0.25) is 0 Å². The van der Waals surface area contributed by atoms with E-state index in [0.717, 1.165) is 183 Å². The highest BCUT2D eigenvalue weighted by Gasteiger charge is 2.50. The number of hydrogen-bond donors (Lipinski definition) is 0. The van der Waals surface area contributed by atoms with Gasteiger partial charge in [-0.2, -0.15) is 0 Å². The predicted octanol–water partition coefficient (Wildman–Crippen LogP) is 32.7. The minimum atomic E-state index is -0.920. The minimum Gasteiger partial charge on any atom is -0.306 e. The van der Waals surface area contributed by atoms with Crippen LogP contribution in [0.5, 0.6) is 0 Å². The topological polar surface area (TPSA) is 3.24 Å². The van der Waals surface area contributed by atoms with Gasteiger partial charge in [-0.25, -0.2) is 0 Å². The predicted molar refractivity (Wildman–Crippen MR) is 451 cm³/mol. The maximum Gasteiger partial charge on any atom is 0.0300 e. The summed E-state index contributed by atoms with van der Waals surface area (Å²) in [7, 11) is 2.20. The lowest BCUT2D eigenvalue weighted by atomic mass is 9.49. The Labute approximate surface area is 647 Å². The van der Waals surface area contributed by atoms with Gasteiger partial charge in [0.05, 0.1) is 0 Å². The highest BCUT2D eigenvalue weighted by Crippen LogP contribution is 2.62. The third kappa shape index (κ3) is 34.4. The van der Waals surface area contributed by atoms with Gasteiger partial charge in [-0.3, -0.25) is 0 Å². The molecule has 101 heavy (non-hydrogen) atoms. The first-order valence-corrected chi connectivity index (χ1v) is 46.8. The molecule has 1 nitrogen and oxygen atoms in total. The Morgan fingerprint density at radius 3 is 0.911 bits per heavy atom. The fraction of sp³-hybridized carbons (Fsp3) is 1.00. The Bertz CT molecular complexity index is 2220. The summed E-state index contributed by atoms with van der Waals surface area (Å²) in [5.74, 6) is 17.3. The van der Waals surface area contributed by atoms with Gasteiger partial charge >= 0.3 is 0 Å². The molecule has 1 aliphatic heterocycles. The molecule has 21 saturated carbocycles. The third-order valence-electron chi connectivity index (χ3n) is 31.4. The zero-order valence-electron chi connectivity index (χ0n) is 79.1. The molecule has 1 heteroatoms. The molecule has 0 unspecified atom stereocenters. The molecule has 0 aromatic rings. The van der Waals surface area contributed by atoms with Crippen LogP contribution in [0.25, 0.3) is 0 Å². The van der Waals surface area contributed by atoms with Crippen molar-refractivity contribution in [2.75, 3.05) is 20.1 Å². The van der Waals surface area contributed by atoms with Crippen molar-refractivity contribution in [3.05, 3.63) is 0 Å². The van der Waals surface area contributed by atoms with E-state index < -0.39 is 6.37 Å². The van der Waals surface area contributed by atoms with Gasteiger partial charge in [0.1, 0.15) is 0 Å². The van der Waals surface area contributed by atoms with Crippen LogP contribution in [0.15, 0.2) is 0 Å². The largest absolute Gasteiger partial charge is 0.306 e. The lowest BCUT2D eigenvalue weighted by Gasteiger charge is -2.56. The zero-order chi connectivity index (χ0) is 79.2. The fourth-order valence-corrected chi connectivity index (χ4v) is 24.3. The van der Waals surface area contributed by atoms with E-state index >= 15 is 0 Å². The van der Waals surface area contributed by atoms with Crippen LogP contribution >= 0.6 is 0 Å². The van der Waals surface area contributed by atoms with Crippen molar-refractivity contribution < 1.29 is 9.60 Å². The van der Waals surface area contributed by atoms with Crippen LogP contribution in [-0.2, 0) is 0 Å². The normalized spacial score (nSPS) is 43.1. The average molecular weight is 1410 g/mol. The lowest BCUT2D eigenvalue weighted by molar-refractivity contribution is -0.0545. The van der Waals surface area contributed by atoms with E-state index in [-0.39, 0.29) is 29.5 Å². The standard InChI is InChI=1S/C12H20.C11H18.2C9H16.C9H18.2C8H16.C7H15N.3C7H14.C6H12/c1-2-12-6-9-3-10(7-12)5-11(4-9)8-12;1-11-5-8-2-9(6-11)4-10(3-8)7-11;1-7-6-8-2-4-9(7)5-3-8;1-2-7-3-8-5-9(4-7)6-8;1-8-4-6-9(2,3)7-5-8;3*1-7-3-5-8(2)6-4-7;2*1-7-5-3-2-4-6-7;1-2-7-5-3-4-6-7;1-6-4-2-3-5-6/h9-11H,2-8H2,1H3;8-10H,2-7H2,1H3;2*7-9H,2-6H2,1H3;8H,4-7H2,1-3H3;2*7-8H,3-6H2,1-2H3;7H,3-6H2,1-2H3;3*7H,2-6H2,1H3;6H,2-5H2,1H3/t;;7-,8?,9?;;;;;;;;;/m..1........./s1/i;;;;8D;2*7D;;7D;;2D2;6D. The Balaban J connectivity index is 0.000000165. The molecule has 0 radical (unpaired) electrons.